The van der Waals surface area contributed by atoms with Crippen molar-refractivity contribution in [2.24, 2.45) is 0 Å². The number of carbonyl (C=O) groups is 3. The molecule has 0 radical (unpaired) electrons. The van der Waals surface area contributed by atoms with E-state index in [-0.39, 0.29) is 48.7 Å². The first-order valence-electron chi connectivity index (χ1n) is 12.5. The van der Waals surface area contributed by atoms with Crippen LogP contribution in [0.4, 0.5) is 4.79 Å². The van der Waals surface area contributed by atoms with Crippen LogP contribution < -0.4 is 20.7 Å². The number of ether oxygens (including phenoxy) is 2. The molecule has 35 heavy (non-hydrogen) atoms. The Kier molecular flexibility index (Phi) is 8.12. The minimum Gasteiger partial charge on any atom is -0.493 e. The van der Waals surface area contributed by atoms with Crippen molar-refractivity contribution in [1.29, 1.82) is 0 Å². The van der Waals surface area contributed by atoms with Gasteiger partial charge in [0, 0.05) is 38.6 Å². The van der Waals surface area contributed by atoms with Gasteiger partial charge in [-0.3, -0.25) is 9.59 Å². The number of nitrogens with one attached hydrogen (secondary N) is 3. The monoisotopic (exact) mass is 487 g/mol. The third kappa shape index (κ3) is 6.24. The van der Waals surface area contributed by atoms with Crippen molar-refractivity contribution in [1.82, 2.24) is 25.8 Å². The van der Waals surface area contributed by atoms with Crippen LogP contribution in [0, 0.1) is 0 Å². The highest BCUT2D eigenvalue weighted by Gasteiger charge is 2.38. The highest BCUT2D eigenvalue weighted by molar-refractivity contribution is 6.00. The van der Waals surface area contributed by atoms with Gasteiger partial charge in [-0.25, -0.2) is 4.79 Å². The number of hydrogen-bond donors (Lipinski definition) is 3. The molecule has 3 N–H and O–H groups in total. The van der Waals surface area contributed by atoms with E-state index in [1.165, 1.54) is 0 Å². The van der Waals surface area contributed by atoms with Gasteiger partial charge in [-0.15, -0.1) is 0 Å². The lowest BCUT2D eigenvalue weighted by Crippen LogP contribution is -2.61. The molecule has 2 saturated heterocycles. The Morgan fingerprint density at radius 2 is 1.94 bits per heavy atom. The molecule has 4 amide bonds. The van der Waals surface area contributed by atoms with Gasteiger partial charge >= 0.3 is 6.03 Å². The second-order valence-corrected chi connectivity index (χ2v) is 9.91. The Morgan fingerprint density at radius 1 is 1.14 bits per heavy atom. The summed E-state index contributed by atoms with van der Waals surface area (Å²) in [6.45, 7) is 6.04. The smallest absolute Gasteiger partial charge is 0.315 e. The number of rotatable bonds is 2. The van der Waals surface area contributed by atoms with Gasteiger partial charge in [0.25, 0.3) is 5.91 Å². The minimum absolute atomic E-state index is 0.0165. The molecular formula is C25H37N5O5. The van der Waals surface area contributed by atoms with Crippen molar-refractivity contribution in [3.63, 3.8) is 0 Å². The second-order valence-electron chi connectivity index (χ2n) is 9.91. The number of carbonyl (C=O) groups excluding carboxylic acids is 3. The van der Waals surface area contributed by atoms with Crippen LogP contribution in [-0.2, 0) is 9.53 Å². The maximum Gasteiger partial charge on any atom is 0.315 e. The Bertz CT molecular complexity index is 925. The molecule has 3 heterocycles. The summed E-state index contributed by atoms with van der Waals surface area (Å²) in [6.07, 6.45) is 1.71. The Morgan fingerprint density at radius 3 is 2.74 bits per heavy atom. The van der Waals surface area contributed by atoms with Gasteiger partial charge in [0.15, 0.2) is 0 Å². The maximum atomic E-state index is 13.5. The summed E-state index contributed by atoms with van der Waals surface area (Å²) < 4.78 is 12.4. The SMILES string of the molecule is CC(C)NC(=O)N[C@@H]1CC[C@H]2CCOc3ccccc3C(=O)N3CCN(C)C[C@H]3C(=O)NC[C@H]1O2. The zero-order chi connectivity index (χ0) is 24.9. The van der Waals surface area contributed by atoms with Crippen LogP contribution in [0.2, 0.25) is 0 Å². The number of likely N-dealkylation sites (N-methyl/N-ethyl adjacent to an activating group) is 1. The third-order valence-corrected chi connectivity index (χ3v) is 6.79. The van der Waals surface area contributed by atoms with Crippen LogP contribution in [0.5, 0.6) is 5.75 Å². The summed E-state index contributed by atoms with van der Waals surface area (Å²) >= 11 is 0. The van der Waals surface area contributed by atoms with Crippen molar-refractivity contribution in [3.8, 4) is 5.75 Å². The molecule has 0 spiro atoms. The Hall–Kier alpha value is -2.85. The second kappa shape index (κ2) is 11.3. The number of nitrogens with zero attached hydrogens (tertiary/aromatic N) is 2. The fourth-order valence-corrected chi connectivity index (χ4v) is 4.93. The first kappa shape index (κ1) is 25.2. The molecule has 0 saturated carbocycles. The molecule has 10 nitrogen and oxygen atoms in total. The molecule has 4 atom stereocenters. The van der Waals surface area contributed by atoms with Gasteiger partial charge in [-0.05, 0) is 45.9 Å². The van der Waals surface area contributed by atoms with Crippen LogP contribution in [-0.4, -0.2) is 97.8 Å². The molecule has 0 unspecified atom stereocenters. The first-order valence-corrected chi connectivity index (χ1v) is 12.5. The summed E-state index contributed by atoms with van der Waals surface area (Å²) in [4.78, 5) is 42.9. The van der Waals surface area contributed by atoms with Gasteiger partial charge in [0.05, 0.1) is 30.4 Å². The fraction of sp³-hybridized carbons (Fsp3) is 0.640. The van der Waals surface area contributed by atoms with E-state index in [0.29, 0.717) is 44.0 Å². The highest BCUT2D eigenvalue weighted by atomic mass is 16.5. The van der Waals surface area contributed by atoms with Gasteiger partial charge < -0.3 is 35.2 Å². The van der Waals surface area contributed by atoms with Crippen molar-refractivity contribution >= 4 is 17.8 Å². The van der Waals surface area contributed by atoms with Gasteiger partial charge in [-0.2, -0.15) is 0 Å². The number of hydrogen-bond acceptors (Lipinski definition) is 6. The molecule has 10 heteroatoms. The van der Waals surface area contributed by atoms with E-state index in [9.17, 15) is 14.4 Å². The van der Waals surface area contributed by atoms with Crippen molar-refractivity contribution in [2.75, 3.05) is 39.8 Å². The van der Waals surface area contributed by atoms with E-state index >= 15 is 0 Å². The predicted molar refractivity (Wildman–Crippen MR) is 130 cm³/mol. The normalized spacial score (nSPS) is 28.2. The third-order valence-electron chi connectivity index (χ3n) is 6.79. The number of benzene rings is 1. The summed E-state index contributed by atoms with van der Waals surface area (Å²) in [5.74, 6) is 0.0913. The van der Waals surface area contributed by atoms with E-state index in [4.69, 9.17) is 9.47 Å². The topological polar surface area (TPSA) is 112 Å². The molecule has 192 valence electrons. The fourth-order valence-electron chi connectivity index (χ4n) is 4.93. The van der Waals surface area contributed by atoms with Gasteiger partial charge in [0.2, 0.25) is 5.91 Å². The molecular weight excluding hydrogens is 450 g/mol. The molecule has 2 bridgehead atoms. The van der Waals surface area contributed by atoms with Crippen LogP contribution in [0.25, 0.3) is 0 Å². The van der Waals surface area contributed by atoms with E-state index in [1.807, 2.05) is 37.9 Å². The standard InChI is InChI=1S/C25H37N5O5/c1-16(2)27-25(33)28-19-9-8-17-10-13-34-21-7-5-4-6-18(21)24(32)30-12-11-29(3)15-20(30)23(31)26-14-22(19)35-17/h4-7,16-17,19-20,22H,8-15H2,1-3H3,(H,26,31)(H2,27,28,33)/t17-,19+,20-,22+/m0/s1. The van der Waals surface area contributed by atoms with Crippen LogP contribution in [0.1, 0.15) is 43.5 Å². The van der Waals surface area contributed by atoms with Crippen molar-refractivity contribution in [2.45, 2.75) is 63.4 Å². The summed E-state index contributed by atoms with van der Waals surface area (Å²) in [6, 6.07) is 6.11. The summed E-state index contributed by atoms with van der Waals surface area (Å²) in [5.41, 5.74) is 0.467. The molecule has 0 aliphatic carbocycles. The van der Waals surface area contributed by atoms with E-state index < -0.39 is 6.04 Å². The number of para-hydroxylation sites is 1. The highest BCUT2D eigenvalue weighted by Crippen LogP contribution is 2.26. The average molecular weight is 488 g/mol. The zero-order valence-electron chi connectivity index (χ0n) is 20.8. The van der Waals surface area contributed by atoms with Crippen molar-refractivity contribution < 1.29 is 23.9 Å². The number of amides is 4. The largest absolute Gasteiger partial charge is 0.493 e. The first-order chi connectivity index (χ1) is 16.8. The van der Waals surface area contributed by atoms with Crippen LogP contribution >= 0.6 is 0 Å². The maximum absolute atomic E-state index is 13.5. The number of fused-ring (bicyclic) bond motifs is 4. The average Bonchev–Trinajstić information content (AvgIpc) is 2.82. The lowest BCUT2D eigenvalue weighted by molar-refractivity contribution is -0.129. The quantitative estimate of drug-likeness (QED) is 0.573. The molecule has 3 aliphatic rings. The van der Waals surface area contributed by atoms with Gasteiger partial charge in [-0.1, -0.05) is 12.1 Å². The lowest BCUT2D eigenvalue weighted by Gasteiger charge is -2.41. The van der Waals surface area contributed by atoms with Gasteiger partial charge in [0.1, 0.15) is 11.8 Å². The van der Waals surface area contributed by atoms with Crippen LogP contribution in [0.15, 0.2) is 24.3 Å². The summed E-state index contributed by atoms with van der Waals surface area (Å²) in [5, 5.41) is 8.87. The lowest BCUT2D eigenvalue weighted by atomic mass is 9.96. The number of urea groups is 1. The van der Waals surface area contributed by atoms with Crippen LogP contribution in [0.3, 0.4) is 0 Å². The summed E-state index contributed by atoms with van der Waals surface area (Å²) in [7, 11) is 1.94. The molecule has 2 fully saturated rings. The molecule has 3 aliphatic heterocycles. The molecule has 0 aromatic heterocycles. The Labute approximate surface area is 206 Å². The predicted octanol–water partition coefficient (Wildman–Crippen LogP) is 0.965. The zero-order valence-corrected chi connectivity index (χ0v) is 20.8. The minimum atomic E-state index is -0.632. The van der Waals surface area contributed by atoms with E-state index in [1.54, 1.807) is 17.0 Å². The van der Waals surface area contributed by atoms with E-state index in [0.717, 1.165) is 12.8 Å². The Balaban J connectivity index is 1.56. The molecule has 4 rings (SSSR count). The van der Waals surface area contributed by atoms with Crippen molar-refractivity contribution in [3.05, 3.63) is 29.8 Å². The van der Waals surface area contributed by atoms with E-state index in [2.05, 4.69) is 16.0 Å². The molecule has 1 aromatic carbocycles. The number of piperazine rings is 1. The molecule has 1 aromatic rings.